The van der Waals surface area contributed by atoms with Crippen LogP contribution in [0, 0.1) is 12.7 Å². The molecule has 1 aliphatic rings. The highest BCUT2D eigenvalue weighted by atomic mass is 79.9. The summed E-state index contributed by atoms with van der Waals surface area (Å²) in [5.41, 5.74) is 1.91. The monoisotopic (exact) mass is 469 g/mol. The van der Waals surface area contributed by atoms with Gasteiger partial charge in [-0.25, -0.2) is 12.8 Å². The summed E-state index contributed by atoms with van der Waals surface area (Å²) >= 11 is 3.44. The van der Waals surface area contributed by atoms with Crippen molar-refractivity contribution in [2.24, 2.45) is 0 Å². The number of nitrogens with one attached hydrogen (secondary N) is 1. The smallest absolute Gasteiger partial charge is 0.243 e. The van der Waals surface area contributed by atoms with Gasteiger partial charge in [-0.1, -0.05) is 22.0 Å². The fourth-order valence-electron chi connectivity index (χ4n) is 3.00. The van der Waals surface area contributed by atoms with Gasteiger partial charge in [-0.05, 0) is 48.9 Å². The second-order valence-corrected chi connectivity index (χ2v) is 9.35. The van der Waals surface area contributed by atoms with Gasteiger partial charge in [-0.2, -0.15) is 4.31 Å². The third kappa shape index (κ3) is 4.71. The number of hydrogen-bond acceptors (Lipinski definition) is 4. The van der Waals surface area contributed by atoms with E-state index >= 15 is 0 Å². The number of nitrogens with zero attached hydrogens (tertiary/aromatic N) is 2. The van der Waals surface area contributed by atoms with Gasteiger partial charge in [0.1, 0.15) is 5.82 Å². The van der Waals surface area contributed by atoms with E-state index in [1.807, 2.05) is 25.1 Å². The van der Waals surface area contributed by atoms with Crippen LogP contribution in [0.2, 0.25) is 0 Å². The topological polar surface area (TPSA) is 69.7 Å². The molecular formula is C19H21BrFN3O3S. The highest BCUT2D eigenvalue weighted by Crippen LogP contribution is 2.21. The van der Waals surface area contributed by atoms with Gasteiger partial charge in [0.05, 0.1) is 11.4 Å². The van der Waals surface area contributed by atoms with Crippen LogP contribution in [-0.4, -0.2) is 56.3 Å². The van der Waals surface area contributed by atoms with Crippen molar-refractivity contribution in [3.63, 3.8) is 0 Å². The fourth-order valence-corrected chi connectivity index (χ4v) is 4.70. The molecule has 0 radical (unpaired) electrons. The molecule has 0 aromatic heterocycles. The molecule has 1 aliphatic heterocycles. The first-order valence-corrected chi connectivity index (χ1v) is 11.0. The lowest BCUT2D eigenvalue weighted by molar-refractivity contribution is -0.130. The third-order valence-electron chi connectivity index (χ3n) is 4.63. The van der Waals surface area contributed by atoms with Crippen molar-refractivity contribution in [1.29, 1.82) is 0 Å². The zero-order valence-corrected chi connectivity index (χ0v) is 17.8. The Kier molecular flexibility index (Phi) is 6.36. The quantitative estimate of drug-likeness (QED) is 0.730. The van der Waals surface area contributed by atoms with E-state index in [1.165, 1.54) is 22.5 Å². The molecule has 9 heteroatoms. The van der Waals surface area contributed by atoms with Crippen molar-refractivity contribution >= 4 is 37.5 Å². The van der Waals surface area contributed by atoms with E-state index < -0.39 is 15.8 Å². The summed E-state index contributed by atoms with van der Waals surface area (Å²) in [4.78, 5) is 14.0. The molecule has 0 bridgehead atoms. The highest BCUT2D eigenvalue weighted by molar-refractivity contribution is 9.10. The maximum atomic E-state index is 13.4. The van der Waals surface area contributed by atoms with Crippen LogP contribution in [0.15, 0.2) is 51.8 Å². The molecule has 1 N–H and O–H groups in total. The number of halogens is 2. The summed E-state index contributed by atoms with van der Waals surface area (Å²) in [6, 6.07) is 10.7. The zero-order chi connectivity index (χ0) is 20.3. The number of piperazine rings is 1. The molecule has 1 heterocycles. The summed E-state index contributed by atoms with van der Waals surface area (Å²) in [5.74, 6) is -0.687. The maximum absolute atomic E-state index is 13.4. The molecule has 0 aliphatic carbocycles. The van der Waals surface area contributed by atoms with Crippen LogP contribution in [0.4, 0.5) is 10.1 Å². The van der Waals surface area contributed by atoms with Gasteiger partial charge in [-0.15, -0.1) is 0 Å². The average Bonchev–Trinajstić information content (AvgIpc) is 2.68. The Morgan fingerprint density at radius 2 is 1.86 bits per heavy atom. The molecule has 6 nitrogen and oxygen atoms in total. The van der Waals surface area contributed by atoms with Crippen molar-refractivity contribution in [2.75, 3.05) is 38.0 Å². The lowest BCUT2D eigenvalue weighted by Crippen LogP contribution is -2.51. The van der Waals surface area contributed by atoms with Gasteiger partial charge in [0.2, 0.25) is 15.9 Å². The molecule has 1 amide bonds. The molecule has 3 rings (SSSR count). The predicted octanol–water partition coefficient (Wildman–Crippen LogP) is 2.84. The number of anilines is 1. The standard InChI is InChI=1S/C19H21BrFN3O3S/c1-14-11-16(5-6-18(14)20)22-13-19(25)23-7-9-24(10-8-23)28(26,27)17-4-2-3-15(21)12-17/h2-6,11-12,22H,7-10,13H2,1H3. The van der Waals surface area contributed by atoms with Gasteiger partial charge in [0.25, 0.3) is 0 Å². The van der Waals surface area contributed by atoms with Crippen molar-refractivity contribution in [2.45, 2.75) is 11.8 Å². The molecule has 150 valence electrons. The highest BCUT2D eigenvalue weighted by Gasteiger charge is 2.30. The predicted molar refractivity (Wildman–Crippen MR) is 109 cm³/mol. The molecule has 0 unspecified atom stereocenters. The van der Waals surface area contributed by atoms with E-state index in [-0.39, 0.29) is 30.4 Å². The number of amides is 1. The van der Waals surface area contributed by atoms with E-state index in [4.69, 9.17) is 0 Å². The number of aryl methyl sites for hydroxylation is 1. The number of carbonyl (C=O) groups is 1. The molecule has 0 atom stereocenters. The molecule has 0 saturated carbocycles. The van der Waals surface area contributed by atoms with Crippen molar-refractivity contribution in [1.82, 2.24) is 9.21 Å². The fraction of sp³-hybridized carbons (Fsp3) is 0.316. The Morgan fingerprint density at radius 3 is 2.50 bits per heavy atom. The SMILES string of the molecule is Cc1cc(NCC(=O)N2CCN(S(=O)(=O)c3cccc(F)c3)CC2)ccc1Br. The first kappa shape index (κ1) is 20.8. The number of hydrogen-bond donors (Lipinski definition) is 1. The van der Waals surface area contributed by atoms with Crippen LogP contribution in [0.1, 0.15) is 5.56 Å². The van der Waals surface area contributed by atoms with Crippen LogP contribution in [0.5, 0.6) is 0 Å². The first-order valence-electron chi connectivity index (χ1n) is 8.81. The van der Waals surface area contributed by atoms with E-state index in [9.17, 15) is 17.6 Å². The van der Waals surface area contributed by atoms with Crippen LogP contribution >= 0.6 is 15.9 Å². The van der Waals surface area contributed by atoms with Crippen molar-refractivity contribution in [3.05, 3.63) is 58.3 Å². The van der Waals surface area contributed by atoms with Gasteiger partial charge < -0.3 is 10.2 Å². The second-order valence-electron chi connectivity index (χ2n) is 6.56. The Balaban J connectivity index is 1.55. The second kappa shape index (κ2) is 8.59. The van der Waals surface area contributed by atoms with E-state index in [0.29, 0.717) is 13.1 Å². The lowest BCUT2D eigenvalue weighted by Gasteiger charge is -2.34. The normalized spacial score (nSPS) is 15.5. The molecule has 2 aromatic carbocycles. The number of benzene rings is 2. The zero-order valence-electron chi connectivity index (χ0n) is 15.4. The molecule has 1 fully saturated rings. The number of rotatable bonds is 5. The van der Waals surface area contributed by atoms with Crippen LogP contribution in [0.25, 0.3) is 0 Å². The average molecular weight is 470 g/mol. The van der Waals surface area contributed by atoms with E-state index in [0.717, 1.165) is 21.8 Å². The van der Waals surface area contributed by atoms with E-state index in [1.54, 1.807) is 4.90 Å². The minimum absolute atomic E-state index is 0.0699. The minimum atomic E-state index is -3.76. The summed E-state index contributed by atoms with van der Waals surface area (Å²) in [7, 11) is -3.76. The number of sulfonamides is 1. The van der Waals surface area contributed by atoms with Crippen LogP contribution < -0.4 is 5.32 Å². The Morgan fingerprint density at radius 1 is 1.14 bits per heavy atom. The molecule has 1 saturated heterocycles. The molecule has 28 heavy (non-hydrogen) atoms. The Labute approximate surface area is 172 Å². The molecule has 2 aromatic rings. The summed E-state index contributed by atoms with van der Waals surface area (Å²) in [5, 5.41) is 3.10. The summed E-state index contributed by atoms with van der Waals surface area (Å²) < 4.78 is 40.9. The van der Waals surface area contributed by atoms with Gasteiger partial charge in [0, 0.05) is 36.3 Å². The lowest BCUT2D eigenvalue weighted by atomic mass is 10.2. The molecule has 0 spiro atoms. The van der Waals surface area contributed by atoms with Gasteiger partial charge >= 0.3 is 0 Å². The van der Waals surface area contributed by atoms with Gasteiger partial charge in [0.15, 0.2) is 0 Å². The van der Waals surface area contributed by atoms with Crippen molar-refractivity contribution < 1.29 is 17.6 Å². The minimum Gasteiger partial charge on any atom is -0.376 e. The largest absolute Gasteiger partial charge is 0.376 e. The Bertz CT molecular complexity index is 976. The van der Waals surface area contributed by atoms with E-state index in [2.05, 4.69) is 21.2 Å². The van der Waals surface area contributed by atoms with Crippen LogP contribution in [-0.2, 0) is 14.8 Å². The summed E-state index contributed by atoms with van der Waals surface area (Å²) in [6.07, 6.45) is 0. The number of carbonyl (C=O) groups excluding carboxylic acids is 1. The molecular weight excluding hydrogens is 449 g/mol. The van der Waals surface area contributed by atoms with Crippen molar-refractivity contribution in [3.8, 4) is 0 Å². The Hall–Kier alpha value is -1.97. The third-order valence-corrected chi connectivity index (χ3v) is 7.41. The first-order chi connectivity index (χ1) is 13.3. The van der Waals surface area contributed by atoms with Crippen LogP contribution in [0.3, 0.4) is 0 Å². The van der Waals surface area contributed by atoms with Gasteiger partial charge in [-0.3, -0.25) is 4.79 Å². The summed E-state index contributed by atoms with van der Waals surface area (Å²) in [6.45, 7) is 3.07. The maximum Gasteiger partial charge on any atom is 0.243 e.